The Morgan fingerprint density at radius 3 is 2.67 bits per heavy atom. The fourth-order valence-corrected chi connectivity index (χ4v) is 4.13. The zero-order valence-electron chi connectivity index (χ0n) is 16.9. The summed E-state index contributed by atoms with van der Waals surface area (Å²) in [6.45, 7) is 3.54. The van der Waals surface area contributed by atoms with Crippen molar-refractivity contribution in [1.29, 1.82) is 0 Å². The van der Waals surface area contributed by atoms with Gasteiger partial charge in [-0.1, -0.05) is 12.0 Å². The molecule has 0 N–H and O–H groups in total. The van der Waals surface area contributed by atoms with E-state index in [-0.39, 0.29) is 24.0 Å². The Kier molecular flexibility index (Phi) is 7.41. The summed E-state index contributed by atoms with van der Waals surface area (Å²) in [4.78, 5) is 40.5. The van der Waals surface area contributed by atoms with Crippen LogP contribution in [0.25, 0.3) is 6.08 Å². The molecule has 0 saturated carbocycles. The summed E-state index contributed by atoms with van der Waals surface area (Å²) in [5.41, 5.74) is 0.680. The van der Waals surface area contributed by atoms with Crippen LogP contribution in [0.5, 0.6) is 11.5 Å². The minimum absolute atomic E-state index is 0.114. The lowest BCUT2D eigenvalue weighted by atomic mass is 10.1. The van der Waals surface area contributed by atoms with Crippen molar-refractivity contribution in [2.75, 3.05) is 32.8 Å². The van der Waals surface area contributed by atoms with Crippen LogP contribution < -0.4 is 9.47 Å². The maximum atomic E-state index is 12.7. The second-order valence-corrected chi connectivity index (χ2v) is 7.83. The Morgan fingerprint density at radius 1 is 1.20 bits per heavy atom. The van der Waals surface area contributed by atoms with Gasteiger partial charge >= 0.3 is 0 Å². The highest BCUT2D eigenvalue weighted by atomic mass is 32.2. The lowest BCUT2D eigenvalue weighted by Gasteiger charge is -2.27. The molecule has 0 aromatic heterocycles. The molecule has 0 atom stereocenters. The lowest BCUT2D eigenvalue weighted by Crippen LogP contribution is -2.44. The number of piperidine rings is 1. The van der Waals surface area contributed by atoms with Gasteiger partial charge in [-0.05, 0) is 61.7 Å². The fourth-order valence-electron chi connectivity index (χ4n) is 3.29. The van der Waals surface area contributed by atoms with Crippen molar-refractivity contribution in [2.24, 2.45) is 0 Å². The van der Waals surface area contributed by atoms with Gasteiger partial charge in [-0.25, -0.2) is 0 Å². The Balaban J connectivity index is 1.73. The van der Waals surface area contributed by atoms with E-state index in [4.69, 9.17) is 15.9 Å². The van der Waals surface area contributed by atoms with Gasteiger partial charge in [0, 0.05) is 13.1 Å². The van der Waals surface area contributed by atoms with Crippen molar-refractivity contribution < 1.29 is 23.9 Å². The van der Waals surface area contributed by atoms with E-state index in [0.717, 1.165) is 35.9 Å². The number of carbonyl (C=O) groups excluding carboxylic acids is 3. The normalized spacial score (nSPS) is 17.9. The molecule has 8 heteroatoms. The summed E-state index contributed by atoms with van der Waals surface area (Å²) in [6.07, 6.45) is 9.86. The van der Waals surface area contributed by atoms with Gasteiger partial charge in [0.25, 0.3) is 11.1 Å². The summed E-state index contributed by atoms with van der Waals surface area (Å²) in [5, 5.41) is -0.435. The van der Waals surface area contributed by atoms with Crippen LogP contribution in [0.4, 0.5) is 4.79 Å². The second kappa shape index (κ2) is 10.2. The van der Waals surface area contributed by atoms with Gasteiger partial charge in [0.15, 0.2) is 11.5 Å². The largest absolute Gasteiger partial charge is 0.490 e. The SMILES string of the molecule is C#CCOc1ccc(/C=C2\SC(=O)N(CC(=O)N3CCCCC3)C2=O)cc1OCC. The van der Waals surface area contributed by atoms with Crippen LogP contribution in [0.15, 0.2) is 23.1 Å². The molecule has 0 spiro atoms. The summed E-state index contributed by atoms with van der Waals surface area (Å²) in [5.74, 6) is 2.76. The third-order valence-corrected chi connectivity index (χ3v) is 5.66. The summed E-state index contributed by atoms with van der Waals surface area (Å²) >= 11 is 0.832. The Bertz CT molecular complexity index is 899. The van der Waals surface area contributed by atoms with E-state index < -0.39 is 11.1 Å². The Morgan fingerprint density at radius 2 is 1.97 bits per heavy atom. The molecule has 0 bridgehead atoms. The van der Waals surface area contributed by atoms with Gasteiger partial charge in [0.1, 0.15) is 13.2 Å². The molecule has 2 fully saturated rings. The van der Waals surface area contributed by atoms with Crippen LogP contribution in [0, 0.1) is 12.3 Å². The smallest absolute Gasteiger partial charge is 0.294 e. The fraction of sp³-hybridized carbons (Fsp3) is 0.409. The maximum absolute atomic E-state index is 12.7. The van der Waals surface area contributed by atoms with Crippen molar-refractivity contribution in [1.82, 2.24) is 9.80 Å². The van der Waals surface area contributed by atoms with Gasteiger partial charge in [-0.3, -0.25) is 19.3 Å². The molecule has 2 saturated heterocycles. The van der Waals surface area contributed by atoms with E-state index in [2.05, 4.69) is 5.92 Å². The zero-order valence-corrected chi connectivity index (χ0v) is 17.7. The highest BCUT2D eigenvalue weighted by Crippen LogP contribution is 2.34. The standard InChI is InChI=1S/C22H24N2O5S/c1-3-12-29-17-9-8-16(13-18(17)28-4-2)14-19-21(26)24(22(27)30-19)15-20(25)23-10-6-5-7-11-23/h1,8-9,13-14H,4-7,10-12,15H2,2H3/b19-14-. The van der Waals surface area contributed by atoms with Gasteiger partial charge in [-0.15, -0.1) is 6.42 Å². The van der Waals surface area contributed by atoms with Crippen molar-refractivity contribution in [3.8, 4) is 23.8 Å². The first kappa shape index (κ1) is 21.8. The van der Waals surface area contributed by atoms with Crippen LogP contribution in [0.2, 0.25) is 0 Å². The summed E-state index contributed by atoms with van der Waals surface area (Å²) in [7, 11) is 0. The topological polar surface area (TPSA) is 76.2 Å². The monoisotopic (exact) mass is 428 g/mol. The summed E-state index contributed by atoms with van der Waals surface area (Å²) in [6, 6.07) is 5.18. The van der Waals surface area contributed by atoms with Gasteiger partial charge < -0.3 is 14.4 Å². The molecule has 0 unspecified atom stereocenters. The van der Waals surface area contributed by atoms with Crippen LogP contribution >= 0.6 is 11.8 Å². The highest BCUT2D eigenvalue weighted by Gasteiger charge is 2.37. The molecule has 3 rings (SSSR count). The molecular formula is C22H24N2O5S. The first-order valence-corrected chi connectivity index (χ1v) is 10.7. The molecular weight excluding hydrogens is 404 g/mol. The molecule has 158 valence electrons. The number of hydrogen-bond donors (Lipinski definition) is 0. The third kappa shape index (κ3) is 5.16. The molecule has 2 aliphatic heterocycles. The highest BCUT2D eigenvalue weighted by molar-refractivity contribution is 8.18. The first-order valence-electron chi connectivity index (χ1n) is 9.89. The van der Waals surface area contributed by atoms with Gasteiger partial charge in [0.2, 0.25) is 5.91 Å². The number of rotatable bonds is 7. The second-order valence-electron chi connectivity index (χ2n) is 6.84. The number of hydrogen-bond acceptors (Lipinski definition) is 6. The predicted octanol–water partition coefficient (Wildman–Crippen LogP) is 3.15. The molecule has 2 heterocycles. The van der Waals surface area contributed by atoms with Crippen LogP contribution in [0.3, 0.4) is 0 Å². The van der Waals surface area contributed by atoms with Crippen molar-refractivity contribution in [3.05, 3.63) is 28.7 Å². The van der Waals surface area contributed by atoms with E-state index in [0.29, 0.717) is 36.8 Å². The van der Waals surface area contributed by atoms with Crippen molar-refractivity contribution in [2.45, 2.75) is 26.2 Å². The first-order chi connectivity index (χ1) is 14.5. The van der Waals surface area contributed by atoms with Crippen LogP contribution in [-0.4, -0.2) is 59.7 Å². The van der Waals surface area contributed by atoms with Crippen LogP contribution in [0.1, 0.15) is 31.7 Å². The Labute approximate surface area is 180 Å². The number of amides is 3. The minimum Gasteiger partial charge on any atom is -0.490 e. The number of nitrogens with zero attached hydrogens (tertiary/aromatic N) is 2. The summed E-state index contributed by atoms with van der Waals surface area (Å²) < 4.78 is 11.0. The van der Waals surface area contributed by atoms with Crippen LogP contribution in [-0.2, 0) is 9.59 Å². The molecule has 1 aromatic carbocycles. The quantitative estimate of drug-likeness (QED) is 0.491. The Hall–Kier alpha value is -2.92. The minimum atomic E-state index is -0.457. The number of thioether (sulfide) groups is 1. The van der Waals surface area contributed by atoms with E-state index in [1.165, 1.54) is 0 Å². The zero-order chi connectivity index (χ0) is 21.5. The predicted molar refractivity (Wildman–Crippen MR) is 115 cm³/mol. The average Bonchev–Trinajstić information content (AvgIpc) is 3.01. The maximum Gasteiger partial charge on any atom is 0.294 e. The van der Waals surface area contributed by atoms with Crippen molar-refractivity contribution in [3.63, 3.8) is 0 Å². The molecule has 30 heavy (non-hydrogen) atoms. The average molecular weight is 429 g/mol. The van der Waals surface area contributed by atoms with E-state index >= 15 is 0 Å². The number of terminal acetylenes is 1. The van der Waals surface area contributed by atoms with E-state index in [1.54, 1.807) is 29.2 Å². The molecule has 2 aliphatic rings. The molecule has 3 amide bonds. The van der Waals surface area contributed by atoms with Gasteiger partial charge in [-0.2, -0.15) is 0 Å². The molecule has 0 aliphatic carbocycles. The number of ether oxygens (including phenoxy) is 2. The van der Waals surface area contributed by atoms with Gasteiger partial charge in [0.05, 0.1) is 11.5 Å². The molecule has 7 nitrogen and oxygen atoms in total. The third-order valence-electron chi connectivity index (χ3n) is 4.75. The molecule has 0 radical (unpaired) electrons. The number of carbonyl (C=O) groups is 3. The number of likely N-dealkylation sites (tertiary alicyclic amines) is 1. The number of imide groups is 1. The van der Waals surface area contributed by atoms with Crippen molar-refractivity contribution >= 4 is 34.9 Å². The van der Waals surface area contributed by atoms with E-state index in [1.807, 2.05) is 6.92 Å². The molecule has 1 aromatic rings. The number of benzene rings is 1. The lowest BCUT2D eigenvalue weighted by molar-refractivity contribution is -0.136. The van der Waals surface area contributed by atoms with E-state index in [9.17, 15) is 14.4 Å².